The second kappa shape index (κ2) is 10.00. The number of nitrogens with one attached hydrogen (secondary N) is 1. The lowest BCUT2D eigenvalue weighted by Crippen LogP contribution is -2.56. The molecule has 6 nitrogen and oxygen atoms in total. The number of rotatable bonds is 3. The smallest absolute Gasteiger partial charge is 0.303 e. The SMILES string of the molecule is CC(=O)O[C@@H]1C=C[C@H](C)C(=O)[C@@H](C)CC=C[C@H]2C(=O)C(C)=C(C)[C@H]3[C@H](Cc4ccccc4)NC(=O)[C@@]123. The van der Waals surface area contributed by atoms with Crippen molar-refractivity contribution in [2.75, 3.05) is 0 Å². The van der Waals surface area contributed by atoms with Crippen molar-refractivity contribution in [1.29, 1.82) is 0 Å². The largest absolute Gasteiger partial charge is 0.457 e. The first-order chi connectivity index (χ1) is 17.1. The molecule has 1 aliphatic heterocycles. The molecular formula is C30H35NO5. The molecule has 36 heavy (non-hydrogen) atoms. The van der Waals surface area contributed by atoms with E-state index in [1.54, 1.807) is 18.2 Å². The third kappa shape index (κ3) is 4.27. The molecule has 1 fully saturated rings. The van der Waals surface area contributed by atoms with Gasteiger partial charge in [-0.2, -0.15) is 0 Å². The van der Waals surface area contributed by atoms with Crippen LogP contribution in [0.1, 0.15) is 46.6 Å². The zero-order valence-corrected chi connectivity index (χ0v) is 21.6. The minimum Gasteiger partial charge on any atom is -0.457 e. The van der Waals surface area contributed by atoms with Crippen LogP contribution in [0.3, 0.4) is 0 Å². The molecule has 7 atom stereocenters. The summed E-state index contributed by atoms with van der Waals surface area (Å²) in [7, 11) is 0. The highest BCUT2D eigenvalue weighted by atomic mass is 16.5. The van der Waals surface area contributed by atoms with Gasteiger partial charge in [0.2, 0.25) is 5.91 Å². The average molecular weight is 490 g/mol. The minimum absolute atomic E-state index is 0.0611. The van der Waals surface area contributed by atoms with Gasteiger partial charge in [-0.05, 0) is 43.9 Å². The van der Waals surface area contributed by atoms with Crippen LogP contribution in [0.25, 0.3) is 0 Å². The van der Waals surface area contributed by atoms with Gasteiger partial charge in [0.05, 0.1) is 5.92 Å². The Morgan fingerprint density at radius 2 is 1.75 bits per heavy atom. The Hall–Kier alpha value is -3.28. The fraction of sp³-hybridized carbons (Fsp3) is 0.467. The number of Topliss-reactive ketones (excluding diaryl/α,β-unsaturated/α-hetero) is 2. The van der Waals surface area contributed by atoms with E-state index in [0.29, 0.717) is 18.4 Å². The van der Waals surface area contributed by atoms with Crippen LogP contribution in [0, 0.1) is 29.1 Å². The molecule has 190 valence electrons. The molecule has 0 unspecified atom stereocenters. The fourth-order valence-electron chi connectivity index (χ4n) is 6.31. The quantitative estimate of drug-likeness (QED) is 0.509. The summed E-state index contributed by atoms with van der Waals surface area (Å²) >= 11 is 0. The van der Waals surface area contributed by atoms with E-state index < -0.39 is 29.3 Å². The van der Waals surface area contributed by atoms with Crippen molar-refractivity contribution < 1.29 is 23.9 Å². The number of allylic oxidation sites excluding steroid dienone is 4. The highest BCUT2D eigenvalue weighted by Gasteiger charge is 2.67. The van der Waals surface area contributed by atoms with Crippen molar-refractivity contribution in [2.24, 2.45) is 29.1 Å². The number of hydrogen-bond acceptors (Lipinski definition) is 5. The highest BCUT2D eigenvalue weighted by molar-refractivity contribution is 6.06. The summed E-state index contributed by atoms with van der Waals surface area (Å²) in [6.45, 7) is 8.70. The number of amides is 1. The number of esters is 1. The van der Waals surface area contributed by atoms with Gasteiger partial charge in [-0.25, -0.2) is 0 Å². The highest BCUT2D eigenvalue weighted by Crippen LogP contribution is 2.56. The summed E-state index contributed by atoms with van der Waals surface area (Å²) in [5.41, 5.74) is 1.19. The summed E-state index contributed by atoms with van der Waals surface area (Å²) in [4.78, 5) is 53.1. The van der Waals surface area contributed by atoms with Crippen molar-refractivity contribution in [3.63, 3.8) is 0 Å². The van der Waals surface area contributed by atoms with Crippen molar-refractivity contribution in [3.05, 3.63) is 71.3 Å². The van der Waals surface area contributed by atoms with Gasteiger partial charge in [-0.1, -0.05) is 68.0 Å². The van der Waals surface area contributed by atoms with Crippen LogP contribution in [-0.2, 0) is 30.3 Å². The Morgan fingerprint density at radius 1 is 1.06 bits per heavy atom. The average Bonchev–Trinajstić information content (AvgIpc) is 3.13. The third-order valence-corrected chi connectivity index (χ3v) is 8.24. The Kier molecular flexibility index (Phi) is 7.17. The van der Waals surface area contributed by atoms with Gasteiger partial charge in [-0.3, -0.25) is 19.2 Å². The molecule has 2 aliphatic carbocycles. The van der Waals surface area contributed by atoms with Gasteiger partial charge in [0.1, 0.15) is 17.3 Å². The predicted octanol–water partition coefficient (Wildman–Crippen LogP) is 4.15. The molecule has 1 heterocycles. The lowest BCUT2D eigenvalue weighted by atomic mass is 9.54. The summed E-state index contributed by atoms with van der Waals surface area (Å²) in [5, 5.41) is 3.19. The predicted molar refractivity (Wildman–Crippen MR) is 137 cm³/mol. The number of hydrogen-bond donors (Lipinski definition) is 1. The van der Waals surface area contributed by atoms with Crippen LogP contribution in [0.15, 0.2) is 65.8 Å². The molecule has 0 aromatic heterocycles. The molecule has 1 spiro atoms. The maximum atomic E-state index is 14.1. The molecule has 0 radical (unpaired) electrons. The van der Waals surface area contributed by atoms with Crippen LogP contribution >= 0.6 is 0 Å². The van der Waals surface area contributed by atoms with Crippen LogP contribution in [0.4, 0.5) is 0 Å². The Bertz CT molecular complexity index is 1160. The van der Waals surface area contributed by atoms with E-state index in [0.717, 1.165) is 11.1 Å². The van der Waals surface area contributed by atoms with E-state index in [-0.39, 0.29) is 35.4 Å². The molecule has 0 bridgehead atoms. The second-order valence-electron chi connectivity index (χ2n) is 10.5. The molecule has 6 heteroatoms. The van der Waals surface area contributed by atoms with E-state index in [4.69, 9.17) is 4.74 Å². The van der Waals surface area contributed by atoms with Gasteiger partial charge in [0, 0.05) is 30.7 Å². The number of benzene rings is 1. The molecule has 3 aliphatic rings. The number of ether oxygens (including phenoxy) is 1. The molecule has 1 saturated heterocycles. The standard InChI is InChI=1S/C30H35NO5/c1-17-10-9-13-23-28(34)20(4)19(3)26-24(16-22-11-7-6-8-12-22)31-29(35)30(23,26)25(36-21(5)32)15-14-18(2)27(17)33/h6-9,11-15,17-18,23-26H,10,16H2,1-5H3,(H,31,35)/t17-,18-,23-,24-,25+,26-,30+/m0/s1. The second-order valence-corrected chi connectivity index (χ2v) is 10.5. The number of ketones is 2. The maximum absolute atomic E-state index is 14.1. The number of carbonyl (C=O) groups is 4. The van der Waals surface area contributed by atoms with Crippen molar-refractivity contribution in [1.82, 2.24) is 5.32 Å². The Morgan fingerprint density at radius 3 is 2.42 bits per heavy atom. The molecule has 0 saturated carbocycles. The van der Waals surface area contributed by atoms with Crippen LogP contribution in [-0.4, -0.2) is 35.6 Å². The molecule has 1 amide bonds. The summed E-state index contributed by atoms with van der Waals surface area (Å²) in [6, 6.07) is 9.62. The van der Waals surface area contributed by atoms with Gasteiger partial charge < -0.3 is 10.1 Å². The molecular weight excluding hydrogens is 454 g/mol. The van der Waals surface area contributed by atoms with Gasteiger partial charge >= 0.3 is 5.97 Å². The van der Waals surface area contributed by atoms with Crippen LogP contribution in [0.2, 0.25) is 0 Å². The van der Waals surface area contributed by atoms with Crippen molar-refractivity contribution >= 4 is 23.4 Å². The van der Waals surface area contributed by atoms with Gasteiger partial charge in [0.15, 0.2) is 5.78 Å². The first-order valence-corrected chi connectivity index (χ1v) is 12.7. The normalized spacial score (nSPS) is 34.5. The maximum Gasteiger partial charge on any atom is 0.303 e. The zero-order valence-electron chi connectivity index (χ0n) is 21.6. The first-order valence-electron chi connectivity index (χ1n) is 12.7. The zero-order chi connectivity index (χ0) is 26.2. The van der Waals surface area contributed by atoms with E-state index in [9.17, 15) is 19.2 Å². The van der Waals surface area contributed by atoms with E-state index in [1.165, 1.54) is 6.92 Å². The fourth-order valence-corrected chi connectivity index (χ4v) is 6.31. The monoisotopic (exact) mass is 489 g/mol. The van der Waals surface area contributed by atoms with E-state index in [2.05, 4.69) is 5.32 Å². The Balaban J connectivity index is 1.95. The summed E-state index contributed by atoms with van der Waals surface area (Å²) in [5.74, 6) is -2.78. The van der Waals surface area contributed by atoms with Gasteiger partial charge in [-0.15, -0.1) is 0 Å². The molecule has 1 aromatic carbocycles. The lowest BCUT2D eigenvalue weighted by Gasteiger charge is -2.46. The van der Waals surface area contributed by atoms with Crippen molar-refractivity contribution in [2.45, 2.75) is 59.6 Å². The molecule has 1 N–H and O–H groups in total. The Labute approximate surface area is 212 Å². The third-order valence-electron chi connectivity index (χ3n) is 8.24. The number of carbonyl (C=O) groups excluding carboxylic acids is 4. The van der Waals surface area contributed by atoms with Crippen LogP contribution in [0.5, 0.6) is 0 Å². The lowest BCUT2D eigenvalue weighted by molar-refractivity contribution is -0.161. The molecule has 4 rings (SSSR count). The minimum atomic E-state index is -1.35. The molecule has 1 aromatic rings. The van der Waals surface area contributed by atoms with Gasteiger partial charge in [0.25, 0.3) is 0 Å². The topological polar surface area (TPSA) is 89.5 Å². The van der Waals surface area contributed by atoms with Crippen molar-refractivity contribution in [3.8, 4) is 0 Å². The summed E-state index contributed by atoms with van der Waals surface area (Å²) < 4.78 is 5.84. The first kappa shape index (κ1) is 25.8. The van der Waals surface area contributed by atoms with Crippen LogP contribution < -0.4 is 5.32 Å². The van der Waals surface area contributed by atoms with E-state index >= 15 is 0 Å². The summed E-state index contributed by atoms with van der Waals surface area (Å²) in [6.07, 6.45) is 7.06. The van der Waals surface area contributed by atoms with E-state index in [1.807, 2.05) is 64.1 Å².